The molecule has 0 aliphatic carbocycles. The number of aliphatic hydroxyl groups excluding tert-OH is 1. The van der Waals surface area contributed by atoms with Gasteiger partial charge in [-0.05, 0) is 38.5 Å². The molecular weight excluding hydrogens is 572 g/mol. The van der Waals surface area contributed by atoms with Gasteiger partial charge in [-0.15, -0.1) is 0 Å². The minimum Gasteiger partial charge on any atom is -0.462 e. The predicted octanol–water partition coefficient (Wildman–Crippen LogP) is 12.5. The first kappa shape index (κ1) is 44.6. The summed E-state index contributed by atoms with van der Waals surface area (Å²) in [7, 11) is 0. The van der Waals surface area contributed by atoms with Gasteiger partial charge in [0.05, 0.1) is 6.61 Å². The van der Waals surface area contributed by atoms with Crippen LogP contribution >= 0.6 is 0 Å². The molecule has 0 bridgehead atoms. The van der Waals surface area contributed by atoms with E-state index in [9.17, 15) is 14.7 Å². The molecule has 0 aliphatic rings. The zero-order valence-corrected chi connectivity index (χ0v) is 30.9. The molecule has 1 atom stereocenters. The minimum atomic E-state index is -0.764. The number of hydrogen-bond donors (Lipinski definition) is 1. The summed E-state index contributed by atoms with van der Waals surface area (Å²) in [5, 5.41) is 9.55. The van der Waals surface area contributed by atoms with E-state index < -0.39 is 6.10 Å². The van der Waals surface area contributed by atoms with Crippen molar-refractivity contribution in [3.8, 4) is 0 Å². The molecule has 0 heterocycles. The Morgan fingerprint density at radius 1 is 0.478 bits per heavy atom. The zero-order valence-electron chi connectivity index (χ0n) is 30.9. The summed E-state index contributed by atoms with van der Waals surface area (Å²) in [6.07, 6.45) is 42.7. The van der Waals surface area contributed by atoms with Crippen LogP contribution < -0.4 is 0 Å². The lowest BCUT2D eigenvalue weighted by molar-refractivity contribution is -0.161. The first-order valence-corrected chi connectivity index (χ1v) is 20.2. The van der Waals surface area contributed by atoms with Gasteiger partial charge >= 0.3 is 11.9 Å². The number of unbranched alkanes of at least 4 members (excludes halogenated alkanes) is 27. The average molecular weight is 651 g/mol. The molecule has 5 heteroatoms. The van der Waals surface area contributed by atoms with Crippen LogP contribution in [0.15, 0.2) is 12.2 Å². The van der Waals surface area contributed by atoms with E-state index in [1.165, 1.54) is 154 Å². The molecule has 0 aromatic heterocycles. The highest BCUT2D eigenvalue weighted by molar-refractivity contribution is 5.70. The standard InChI is InChI=1S/C41H78O5/c1-3-5-7-9-11-13-15-17-18-19-20-21-22-24-25-27-29-31-33-35-40(43)45-38-39(37-42)46-41(44)36-34-32-30-28-26-23-16-14-12-10-8-6-4-2/h17-18,39,42H,3-16,19-38H2,1-2H3/b18-17+/t39-/m0/s1. The van der Waals surface area contributed by atoms with E-state index in [-0.39, 0.29) is 25.2 Å². The Labute approximate surface area is 286 Å². The lowest BCUT2D eigenvalue weighted by Crippen LogP contribution is -2.28. The summed E-state index contributed by atoms with van der Waals surface area (Å²) < 4.78 is 10.6. The minimum absolute atomic E-state index is 0.0609. The van der Waals surface area contributed by atoms with Crippen molar-refractivity contribution in [3.05, 3.63) is 12.2 Å². The molecular formula is C41H78O5. The Morgan fingerprint density at radius 3 is 1.17 bits per heavy atom. The zero-order chi connectivity index (χ0) is 33.6. The van der Waals surface area contributed by atoms with Crippen molar-refractivity contribution in [1.29, 1.82) is 0 Å². The Morgan fingerprint density at radius 2 is 0.804 bits per heavy atom. The van der Waals surface area contributed by atoms with Gasteiger partial charge in [-0.25, -0.2) is 0 Å². The number of allylic oxidation sites excluding steroid dienone is 2. The second-order valence-electron chi connectivity index (χ2n) is 13.7. The summed E-state index contributed by atoms with van der Waals surface area (Å²) in [5.41, 5.74) is 0. The monoisotopic (exact) mass is 651 g/mol. The van der Waals surface area contributed by atoms with Gasteiger partial charge in [0, 0.05) is 12.8 Å². The maximum atomic E-state index is 12.1. The molecule has 46 heavy (non-hydrogen) atoms. The lowest BCUT2D eigenvalue weighted by Gasteiger charge is -2.15. The molecule has 1 N–H and O–H groups in total. The Bertz CT molecular complexity index is 661. The van der Waals surface area contributed by atoms with Crippen LogP contribution in [0.4, 0.5) is 0 Å². The molecule has 0 amide bonds. The third-order valence-corrected chi connectivity index (χ3v) is 9.06. The summed E-state index contributed by atoms with van der Waals surface area (Å²) in [6, 6.07) is 0. The largest absolute Gasteiger partial charge is 0.462 e. The number of esters is 2. The van der Waals surface area contributed by atoms with E-state index in [0.29, 0.717) is 12.8 Å². The maximum absolute atomic E-state index is 12.1. The van der Waals surface area contributed by atoms with Crippen molar-refractivity contribution >= 4 is 11.9 Å². The van der Waals surface area contributed by atoms with E-state index in [0.717, 1.165) is 38.5 Å². The molecule has 5 nitrogen and oxygen atoms in total. The smallest absolute Gasteiger partial charge is 0.306 e. The Hall–Kier alpha value is -1.36. The van der Waals surface area contributed by atoms with Crippen LogP contribution in [0.5, 0.6) is 0 Å². The summed E-state index contributed by atoms with van der Waals surface area (Å²) in [6.45, 7) is 4.15. The molecule has 272 valence electrons. The normalized spacial score (nSPS) is 12.2. The highest BCUT2D eigenvalue weighted by Crippen LogP contribution is 2.15. The topological polar surface area (TPSA) is 72.8 Å². The lowest BCUT2D eigenvalue weighted by atomic mass is 10.0. The van der Waals surface area contributed by atoms with Crippen LogP contribution in [-0.4, -0.2) is 36.4 Å². The molecule has 0 unspecified atom stereocenters. The summed E-state index contributed by atoms with van der Waals surface area (Å²) in [5.74, 6) is -0.583. The first-order valence-electron chi connectivity index (χ1n) is 20.2. The number of aliphatic hydroxyl groups is 1. The molecule has 0 aromatic rings. The van der Waals surface area contributed by atoms with Crippen molar-refractivity contribution in [2.24, 2.45) is 0 Å². The van der Waals surface area contributed by atoms with Gasteiger partial charge in [-0.3, -0.25) is 9.59 Å². The van der Waals surface area contributed by atoms with Gasteiger partial charge in [0.1, 0.15) is 6.61 Å². The number of hydrogen-bond acceptors (Lipinski definition) is 5. The maximum Gasteiger partial charge on any atom is 0.306 e. The average Bonchev–Trinajstić information content (AvgIpc) is 3.06. The van der Waals surface area contributed by atoms with Crippen molar-refractivity contribution < 1.29 is 24.2 Å². The third kappa shape index (κ3) is 35.5. The molecule has 0 radical (unpaired) electrons. The van der Waals surface area contributed by atoms with E-state index in [1.54, 1.807) is 0 Å². The number of ether oxygens (including phenoxy) is 2. The molecule has 0 aliphatic heterocycles. The number of rotatable bonds is 37. The fraction of sp³-hybridized carbons (Fsp3) is 0.902. The molecule has 0 spiro atoms. The second kappa shape index (κ2) is 38.1. The van der Waals surface area contributed by atoms with Gasteiger partial charge in [0.15, 0.2) is 6.10 Å². The van der Waals surface area contributed by atoms with Crippen LogP contribution in [-0.2, 0) is 19.1 Å². The highest BCUT2D eigenvalue weighted by atomic mass is 16.6. The van der Waals surface area contributed by atoms with E-state index >= 15 is 0 Å². The van der Waals surface area contributed by atoms with Crippen molar-refractivity contribution in [3.63, 3.8) is 0 Å². The van der Waals surface area contributed by atoms with Gasteiger partial charge in [0.2, 0.25) is 0 Å². The van der Waals surface area contributed by atoms with E-state index in [1.807, 2.05) is 0 Å². The van der Waals surface area contributed by atoms with Crippen LogP contribution in [0.1, 0.15) is 219 Å². The number of carbonyl (C=O) groups excluding carboxylic acids is 2. The van der Waals surface area contributed by atoms with Crippen LogP contribution in [0.25, 0.3) is 0 Å². The predicted molar refractivity (Wildman–Crippen MR) is 196 cm³/mol. The van der Waals surface area contributed by atoms with Gasteiger partial charge in [0.25, 0.3) is 0 Å². The quantitative estimate of drug-likeness (QED) is 0.0411. The van der Waals surface area contributed by atoms with E-state index in [4.69, 9.17) is 9.47 Å². The summed E-state index contributed by atoms with van der Waals surface area (Å²) in [4.78, 5) is 24.2. The fourth-order valence-electron chi connectivity index (χ4n) is 5.96. The van der Waals surface area contributed by atoms with Crippen molar-refractivity contribution in [2.75, 3.05) is 13.2 Å². The van der Waals surface area contributed by atoms with Crippen molar-refractivity contribution in [2.45, 2.75) is 225 Å². The molecule has 0 fully saturated rings. The van der Waals surface area contributed by atoms with Gasteiger partial charge < -0.3 is 14.6 Å². The fourth-order valence-corrected chi connectivity index (χ4v) is 5.96. The molecule has 0 saturated carbocycles. The second-order valence-corrected chi connectivity index (χ2v) is 13.7. The Balaban J connectivity index is 3.50. The first-order chi connectivity index (χ1) is 22.6. The molecule has 0 rings (SSSR count). The van der Waals surface area contributed by atoms with Crippen LogP contribution in [0.3, 0.4) is 0 Å². The highest BCUT2D eigenvalue weighted by Gasteiger charge is 2.16. The summed E-state index contributed by atoms with van der Waals surface area (Å²) >= 11 is 0. The molecule has 0 saturated heterocycles. The van der Waals surface area contributed by atoms with Crippen LogP contribution in [0.2, 0.25) is 0 Å². The van der Waals surface area contributed by atoms with Crippen LogP contribution in [0, 0.1) is 0 Å². The van der Waals surface area contributed by atoms with Gasteiger partial charge in [-0.1, -0.05) is 180 Å². The van der Waals surface area contributed by atoms with Crippen molar-refractivity contribution in [1.82, 2.24) is 0 Å². The van der Waals surface area contributed by atoms with Gasteiger partial charge in [-0.2, -0.15) is 0 Å². The van der Waals surface area contributed by atoms with E-state index in [2.05, 4.69) is 26.0 Å². The Kier molecular flexibility index (Phi) is 37.0. The molecule has 0 aromatic carbocycles. The number of carbonyl (C=O) groups is 2. The third-order valence-electron chi connectivity index (χ3n) is 9.06. The SMILES string of the molecule is CCCCCCCC/C=C/CCCCCCCCCCCC(=O)OC[C@H](CO)OC(=O)CCCCCCCCCCCCCCC.